The van der Waals surface area contributed by atoms with Crippen LogP contribution < -0.4 is 10.1 Å². The smallest absolute Gasteiger partial charge is 0.345 e. The molecule has 142 valence electrons. The number of ether oxygens (including phenoxy) is 2. The van der Waals surface area contributed by atoms with Crippen LogP contribution in [0.25, 0.3) is 10.9 Å². The second kappa shape index (κ2) is 9.76. The molecule has 0 spiro atoms. The summed E-state index contributed by atoms with van der Waals surface area (Å²) in [5.41, 5.74) is 0.161. The van der Waals surface area contributed by atoms with Crippen molar-refractivity contribution in [3.05, 3.63) is 28.6 Å². The van der Waals surface area contributed by atoms with E-state index < -0.39 is 11.5 Å². The van der Waals surface area contributed by atoms with E-state index in [1.54, 1.807) is 0 Å². The van der Waals surface area contributed by atoms with E-state index in [0.717, 1.165) is 19.3 Å². The molecule has 0 aliphatic rings. The van der Waals surface area contributed by atoms with Gasteiger partial charge in [0.05, 0.1) is 17.0 Å². The Morgan fingerprint density at radius 2 is 2.08 bits per heavy atom. The molecule has 0 aliphatic carbocycles. The van der Waals surface area contributed by atoms with Crippen molar-refractivity contribution in [2.24, 2.45) is 0 Å². The molecule has 1 aromatic carbocycles. The van der Waals surface area contributed by atoms with Crippen molar-refractivity contribution >= 4 is 22.4 Å². The molecule has 0 radical (unpaired) electrons. The van der Waals surface area contributed by atoms with E-state index in [2.05, 4.69) is 26.9 Å². The SMILES string of the molecule is CCCCCNc1ncnc2cc(OCCOC(F)F)c([N+](=O)[O-])cc12. The first-order valence-electron chi connectivity index (χ1n) is 8.22. The first-order chi connectivity index (χ1) is 12.5. The predicted octanol–water partition coefficient (Wildman–Crippen LogP) is 3.76. The number of anilines is 1. The number of hydrogen-bond donors (Lipinski definition) is 1. The van der Waals surface area contributed by atoms with Crippen LogP contribution >= 0.6 is 0 Å². The number of nitro benzene ring substituents is 1. The van der Waals surface area contributed by atoms with Crippen LogP contribution in [0.15, 0.2) is 18.5 Å². The van der Waals surface area contributed by atoms with Gasteiger partial charge in [-0.05, 0) is 6.42 Å². The lowest BCUT2D eigenvalue weighted by Crippen LogP contribution is -2.11. The third-order valence-electron chi connectivity index (χ3n) is 3.57. The van der Waals surface area contributed by atoms with E-state index in [1.165, 1.54) is 18.5 Å². The van der Waals surface area contributed by atoms with E-state index in [9.17, 15) is 18.9 Å². The summed E-state index contributed by atoms with van der Waals surface area (Å²) in [6, 6.07) is 2.72. The lowest BCUT2D eigenvalue weighted by Gasteiger charge is -2.11. The molecule has 1 aromatic heterocycles. The number of fused-ring (bicyclic) bond motifs is 1. The Bertz CT molecular complexity index is 746. The largest absolute Gasteiger partial charge is 0.484 e. The van der Waals surface area contributed by atoms with Crippen LogP contribution in [0.2, 0.25) is 0 Å². The van der Waals surface area contributed by atoms with Gasteiger partial charge >= 0.3 is 12.3 Å². The minimum absolute atomic E-state index is 0.0593. The molecular weight excluding hydrogens is 350 g/mol. The van der Waals surface area contributed by atoms with Gasteiger partial charge in [0.25, 0.3) is 0 Å². The fraction of sp³-hybridized carbons (Fsp3) is 0.500. The molecule has 0 amide bonds. The van der Waals surface area contributed by atoms with Gasteiger partial charge in [0.15, 0.2) is 5.75 Å². The van der Waals surface area contributed by atoms with Gasteiger partial charge in [-0.2, -0.15) is 8.78 Å². The summed E-state index contributed by atoms with van der Waals surface area (Å²) in [6.07, 6.45) is 4.44. The number of alkyl halides is 2. The fourth-order valence-corrected chi connectivity index (χ4v) is 2.34. The Morgan fingerprint density at radius 1 is 1.27 bits per heavy atom. The Morgan fingerprint density at radius 3 is 2.77 bits per heavy atom. The number of hydrogen-bond acceptors (Lipinski definition) is 7. The molecule has 0 aliphatic heterocycles. The zero-order chi connectivity index (χ0) is 18.9. The summed E-state index contributed by atoms with van der Waals surface area (Å²) in [6.45, 7) is -0.765. The Hall–Kier alpha value is -2.62. The summed E-state index contributed by atoms with van der Waals surface area (Å²) in [5.74, 6) is 0.442. The third-order valence-corrected chi connectivity index (χ3v) is 3.57. The number of nitro groups is 1. The topological polar surface area (TPSA) is 99.4 Å². The molecular formula is C16H20F2N4O4. The van der Waals surface area contributed by atoms with E-state index >= 15 is 0 Å². The molecule has 0 unspecified atom stereocenters. The molecule has 1 N–H and O–H groups in total. The summed E-state index contributed by atoms with van der Waals surface area (Å²) in [5, 5.41) is 15.0. The summed E-state index contributed by atoms with van der Waals surface area (Å²) < 4.78 is 33.2. The van der Waals surface area contributed by atoms with Gasteiger partial charge in [-0.1, -0.05) is 19.8 Å². The van der Waals surface area contributed by atoms with Crippen molar-refractivity contribution in [1.82, 2.24) is 9.97 Å². The van der Waals surface area contributed by atoms with Crippen molar-refractivity contribution in [3.8, 4) is 5.75 Å². The minimum Gasteiger partial charge on any atom is -0.484 e. The molecule has 0 atom stereocenters. The molecule has 2 rings (SSSR count). The second-order valence-corrected chi connectivity index (χ2v) is 5.43. The first-order valence-corrected chi connectivity index (χ1v) is 8.22. The summed E-state index contributed by atoms with van der Waals surface area (Å²) in [7, 11) is 0. The highest BCUT2D eigenvalue weighted by Crippen LogP contribution is 2.33. The van der Waals surface area contributed by atoms with Crippen molar-refractivity contribution < 1.29 is 23.2 Å². The number of aromatic nitrogens is 2. The maximum Gasteiger partial charge on any atom is 0.345 e. The first kappa shape index (κ1) is 19.7. The minimum atomic E-state index is -2.92. The summed E-state index contributed by atoms with van der Waals surface area (Å²) in [4.78, 5) is 19.0. The predicted molar refractivity (Wildman–Crippen MR) is 91.7 cm³/mol. The zero-order valence-electron chi connectivity index (χ0n) is 14.3. The lowest BCUT2D eigenvalue weighted by molar-refractivity contribution is -0.385. The Labute approximate surface area is 148 Å². The van der Waals surface area contributed by atoms with Crippen molar-refractivity contribution in [1.29, 1.82) is 0 Å². The highest BCUT2D eigenvalue weighted by Gasteiger charge is 2.19. The van der Waals surface area contributed by atoms with E-state index in [1.807, 2.05) is 0 Å². The van der Waals surface area contributed by atoms with E-state index in [0.29, 0.717) is 23.3 Å². The van der Waals surface area contributed by atoms with Gasteiger partial charge in [0.1, 0.15) is 18.8 Å². The Balaban J connectivity index is 2.22. The average Bonchev–Trinajstić information content (AvgIpc) is 2.61. The molecule has 8 nitrogen and oxygen atoms in total. The van der Waals surface area contributed by atoms with Gasteiger partial charge in [0, 0.05) is 24.1 Å². The third kappa shape index (κ3) is 5.45. The maximum absolute atomic E-state index is 12.0. The van der Waals surface area contributed by atoms with Gasteiger partial charge in [-0.15, -0.1) is 0 Å². The van der Waals surface area contributed by atoms with Crippen LogP contribution in [-0.4, -0.2) is 41.3 Å². The standard InChI is InChI=1S/C16H20F2N4O4/c1-2-3-4-5-19-15-11-8-13(22(23)24)14(9-12(11)20-10-21-15)25-6-7-26-16(17)18/h8-10,16H,2-7H2,1H3,(H,19,20,21). The van der Waals surface area contributed by atoms with Gasteiger partial charge in [-0.3, -0.25) is 10.1 Å². The number of unbranched alkanes of at least 4 members (excludes halogenated alkanes) is 2. The van der Waals surface area contributed by atoms with Gasteiger partial charge in [-0.25, -0.2) is 9.97 Å². The van der Waals surface area contributed by atoms with Gasteiger partial charge in [0.2, 0.25) is 0 Å². The molecule has 0 saturated carbocycles. The van der Waals surface area contributed by atoms with Crippen molar-refractivity contribution in [2.75, 3.05) is 25.1 Å². The number of nitrogens with zero attached hydrogens (tertiary/aromatic N) is 3. The van der Waals surface area contributed by atoms with Crippen LogP contribution in [0, 0.1) is 10.1 Å². The van der Waals surface area contributed by atoms with Crippen molar-refractivity contribution in [2.45, 2.75) is 32.8 Å². The molecule has 2 aromatic rings. The molecule has 1 heterocycles. The normalized spacial score (nSPS) is 11.1. The zero-order valence-corrected chi connectivity index (χ0v) is 14.3. The highest BCUT2D eigenvalue weighted by atomic mass is 19.3. The Kier molecular flexibility index (Phi) is 7.39. The number of halogens is 2. The summed E-state index contributed by atoms with van der Waals surface area (Å²) >= 11 is 0. The quantitative estimate of drug-likeness (QED) is 0.365. The fourth-order valence-electron chi connectivity index (χ4n) is 2.34. The number of benzene rings is 1. The van der Waals surface area contributed by atoms with Crippen LogP contribution in [-0.2, 0) is 4.74 Å². The highest BCUT2D eigenvalue weighted by molar-refractivity contribution is 5.92. The van der Waals surface area contributed by atoms with Crippen molar-refractivity contribution in [3.63, 3.8) is 0 Å². The van der Waals surface area contributed by atoms with E-state index in [4.69, 9.17) is 4.74 Å². The van der Waals surface area contributed by atoms with Crippen LogP contribution in [0.1, 0.15) is 26.2 Å². The maximum atomic E-state index is 12.0. The van der Waals surface area contributed by atoms with E-state index in [-0.39, 0.29) is 24.7 Å². The van der Waals surface area contributed by atoms with Crippen LogP contribution in [0.5, 0.6) is 5.75 Å². The second-order valence-electron chi connectivity index (χ2n) is 5.43. The monoisotopic (exact) mass is 370 g/mol. The molecule has 0 bridgehead atoms. The van der Waals surface area contributed by atoms with Gasteiger partial charge < -0.3 is 14.8 Å². The molecule has 26 heavy (non-hydrogen) atoms. The molecule has 0 saturated heterocycles. The number of rotatable bonds is 11. The number of nitrogens with one attached hydrogen (secondary N) is 1. The lowest BCUT2D eigenvalue weighted by atomic mass is 10.2. The molecule has 0 fully saturated rings. The van der Waals surface area contributed by atoms with Crippen LogP contribution in [0.3, 0.4) is 0 Å². The van der Waals surface area contributed by atoms with Crippen LogP contribution in [0.4, 0.5) is 20.3 Å². The molecule has 10 heteroatoms. The average molecular weight is 370 g/mol.